The maximum atomic E-state index is 10.3. The van der Waals surface area contributed by atoms with Crippen LogP contribution in [0.25, 0.3) is 0 Å². The van der Waals surface area contributed by atoms with Gasteiger partial charge in [0.05, 0.1) is 6.10 Å². The van der Waals surface area contributed by atoms with Gasteiger partial charge < -0.3 is 9.84 Å². The number of halogens is 1. The van der Waals surface area contributed by atoms with Crippen molar-refractivity contribution < 1.29 is 9.84 Å². The Bertz CT molecular complexity index is 352. The summed E-state index contributed by atoms with van der Waals surface area (Å²) >= 11 is 3.48. The molecule has 2 rings (SSSR count). The number of aliphatic hydroxyl groups is 1. The Labute approximate surface area is 111 Å². The molecule has 1 aromatic rings. The first-order valence-electron chi connectivity index (χ1n) is 6.18. The Balaban J connectivity index is 2.00. The van der Waals surface area contributed by atoms with E-state index in [1.54, 1.807) is 0 Å². The highest BCUT2D eigenvalue weighted by Crippen LogP contribution is 2.29. The summed E-state index contributed by atoms with van der Waals surface area (Å²) in [5, 5.41) is 10.3. The molecule has 94 valence electrons. The lowest BCUT2D eigenvalue weighted by Gasteiger charge is -2.24. The fourth-order valence-corrected chi connectivity index (χ4v) is 3.02. The largest absolute Gasteiger partial charge is 0.388 e. The van der Waals surface area contributed by atoms with Crippen LogP contribution in [0.2, 0.25) is 0 Å². The van der Waals surface area contributed by atoms with Crippen molar-refractivity contribution in [2.75, 3.05) is 13.2 Å². The van der Waals surface area contributed by atoms with Crippen molar-refractivity contribution in [3.05, 3.63) is 33.8 Å². The zero-order chi connectivity index (χ0) is 12.3. The first-order valence-corrected chi connectivity index (χ1v) is 6.97. The number of ether oxygens (including phenoxy) is 1. The summed E-state index contributed by atoms with van der Waals surface area (Å²) in [7, 11) is 0. The highest BCUT2D eigenvalue weighted by atomic mass is 79.9. The van der Waals surface area contributed by atoms with Crippen LogP contribution >= 0.6 is 15.9 Å². The molecule has 1 atom stereocenters. The van der Waals surface area contributed by atoms with Gasteiger partial charge in [-0.2, -0.15) is 0 Å². The van der Waals surface area contributed by atoms with Gasteiger partial charge in [0.25, 0.3) is 0 Å². The lowest BCUT2D eigenvalue weighted by Crippen LogP contribution is -2.18. The Hall–Kier alpha value is -0.380. The predicted molar refractivity (Wildman–Crippen MR) is 72.0 cm³/mol. The van der Waals surface area contributed by atoms with Crippen LogP contribution in [0.15, 0.2) is 22.7 Å². The minimum absolute atomic E-state index is 0.353. The summed E-state index contributed by atoms with van der Waals surface area (Å²) in [6.45, 7) is 3.74. The van der Waals surface area contributed by atoms with Crippen LogP contribution in [0.4, 0.5) is 0 Å². The van der Waals surface area contributed by atoms with E-state index in [2.05, 4.69) is 35.0 Å². The quantitative estimate of drug-likeness (QED) is 0.924. The maximum Gasteiger partial charge on any atom is 0.0793 e. The third-order valence-electron chi connectivity index (χ3n) is 3.35. The van der Waals surface area contributed by atoms with Gasteiger partial charge in [-0.15, -0.1) is 0 Å². The SMILES string of the molecule is Cc1cc(Br)cc(C(O)CC2CCOCC2)c1. The average Bonchev–Trinajstić information content (AvgIpc) is 2.29. The van der Waals surface area contributed by atoms with E-state index >= 15 is 0 Å². The van der Waals surface area contributed by atoms with Crippen molar-refractivity contribution in [2.45, 2.75) is 32.3 Å². The molecule has 0 radical (unpaired) electrons. The van der Waals surface area contributed by atoms with E-state index < -0.39 is 0 Å². The standard InChI is InChI=1S/C14H19BrO2/c1-10-6-12(9-13(15)7-10)14(16)8-11-2-4-17-5-3-11/h6-7,9,11,14,16H,2-5,8H2,1H3. The van der Waals surface area contributed by atoms with Crippen molar-refractivity contribution in [2.24, 2.45) is 5.92 Å². The number of aryl methyl sites for hydroxylation is 1. The fourth-order valence-electron chi connectivity index (χ4n) is 2.39. The zero-order valence-corrected chi connectivity index (χ0v) is 11.7. The van der Waals surface area contributed by atoms with Gasteiger partial charge in [0.1, 0.15) is 0 Å². The number of aliphatic hydroxyl groups excluding tert-OH is 1. The number of rotatable bonds is 3. The summed E-state index contributed by atoms with van der Waals surface area (Å²) in [6, 6.07) is 6.14. The number of benzene rings is 1. The molecule has 17 heavy (non-hydrogen) atoms. The van der Waals surface area contributed by atoms with E-state index in [4.69, 9.17) is 4.74 Å². The fraction of sp³-hybridized carbons (Fsp3) is 0.571. The van der Waals surface area contributed by atoms with Gasteiger partial charge in [-0.05, 0) is 55.4 Å². The van der Waals surface area contributed by atoms with Gasteiger partial charge in [-0.1, -0.05) is 22.0 Å². The van der Waals surface area contributed by atoms with Crippen molar-refractivity contribution in [3.8, 4) is 0 Å². The van der Waals surface area contributed by atoms with Crippen LogP contribution in [0.5, 0.6) is 0 Å². The highest BCUT2D eigenvalue weighted by molar-refractivity contribution is 9.10. The summed E-state index contributed by atoms with van der Waals surface area (Å²) in [6.07, 6.45) is 2.64. The predicted octanol–water partition coefficient (Wildman–Crippen LogP) is 3.61. The van der Waals surface area contributed by atoms with Crippen molar-refractivity contribution in [1.29, 1.82) is 0 Å². The van der Waals surface area contributed by atoms with Gasteiger partial charge in [0, 0.05) is 17.7 Å². The maximum absolute atomic E-state index is 10.3. The smallest absolute Gasteiger partial charge is 0.0793 e. The second-order valence-corrected chi connectivity index (χ2v) is 5.78. The first-order chi connectivity index (χ1) is 8.15. The molecule has 1 aliphatic heterocycles. The molecule has 2 nitrogen and oxygen atoms in total. The third kappa shape index (κ3) is 3.80. The lowest BCUT2D eigenvalue weighted by atomic mass is 9.91. The minimum atomic E-state index is -0.353. The molecule has 3 heteroatoms. The second-order valence-electron chi connectivity index (χ2n) is 4.87. The Morgan fingerprint density at radius 3 is 2.71 bits per heavy atom. The number of hydrogen-bond acceptors (Lipinski definition) is 2. The summed E-state index contributed by atoms with van der Waals surface area (Å²) in [5.41, 5.74) is 2.20. The van der Waals surface area contributed by atoms with Crippen LogP contribution in [-0.4, -0.2) is 18.3 Å². The first kappa shape index (κ1) is 13.1. The van der Waals surface area contributed by atoms with Gasteiger partial charge in [-0.3, -0.25) is 0 Å². The summed E-state index contributed by atoms with van der Waals surface area (Å²) in [4.78, 5) is 0. The second kappa shape index (κ2) is 5.98. The molecule has 0 aliphatic carbocycles. The molecule has 1 unspecified atom stereocenters. The van der Waals surface area contributed by atoms with Gasteiger partial charge in [-0.25, -0.2) is 0 Å². The van der Waals surface area contributed by atoms with Crippen molar-refractivity contribution in [3.63, 3.8) is 0 Å². The van der Waals surface area contributed by atoms with Gasteiger partial charge >= 0.3 is 0 Å². The Morgan fingerprint density at radius 1 is 1.35 bits per heavy atom. The summed E-state index contributed by atoms with van der Waals surface area (Å²) < 4.78 is 6.38. The van der Waals surface area contributed by atoms with Crippen molar-refractivity contribution >= 4 is 15.9 Å². The van der Waals surface area contributed by atoms with Crippen molar-refractivity contribution in [1.82, 2.24) is 0 Å². The van der Waals surface area contributed by atoms with Gasteiger partial charge in [0.15, 0.2) is 0 Å². The van der Waals surface area contributed by atoms with E-state index in [0.29, 0.717) is 5.92 Å². The molecule has 1 fully saturated rings. The molecule has 1 saturated heterocycles. The lowest BCUT2D eigenvalue weighted by molar-refractivity contribution is 0.0435. The zero-order valence-electron chi connectivity index (χ0n) is 10.2. The Morgan fingerprint density at radius 2 is 2.06 bits per heavy atom. The number of hydrogen-bond donors (Lipinski definition) is 1. The Kier molecular flexibility index (Phi) is 4.60. The molecule has 0 spiro atoms. The van der Waals surface area contributed by atoms with Crippen LogP contribution in [0.1, 0.15) is 36.5 Å². The third-order valence-corrected chi connectivity index (χ3v) is 3.80. The average molecular weight is 299 g/mol. The molecule has 0 amide bonds. The van der Waals surface area contributed by atoms with E-state index in [1.165, 1.54) is 5.56 Å². The van der Waals surface area contributed by atoms with E-state index in [-0.39, 0.29) is 6.10 Å². The minimum Gasteiger partial charge on any atom is -0.388 e. The highest BCUT2D eigenvalue weighted by Gasteiger charge is 2.19. The molecule has 1 heterocycles. The molecular weight excluding hydrogens is 280 g/mol. The molecule has 1 aliphatic rings. The topological polar surface area (TPSA) is 29.5 Å². The molecule has 0 bridgehead atoms. The molecule has 0 saturated carbocycles. The normalized spacial score (nSPS) is 19.2. The van der Waals surface area contributed by atoms with Crippen LogP contribution in [0.3, 0.4) is 0 Å². The van der Waals surface area contributed by atoms with Crippen LogP contribution < -0.4 is 0 Å². The van der Waals surface area contributed by atoms with E-state index in [9.17, 15) is 5.11 Å². The molecule has 1 aromatic carbocycles. The molecule has 1 N–H and O–H groups in total. The van der Waals surface area contributed by atoms with E-state index in [0.717, 1.165) is 42.5 Å². The van der Waals surface area contributed by atoms with E-state index in [1.807, 2.05) is 6.07 Å². The monoisotopic (exact) mass is 298 g/mol. The van der Waals surface area contributed by atoms with Crippen LogP contribution in [-0.2, 0) is 4.74 Å². The van der Waals surface area contributed by atoms with Gasteiger partial charge in [0.2, 0.25) is 0 Å². The summed E-state index contributed by atoms with van der Waals surface area (Å²) in [5.74, 6) is 0.595. The molecule has 0 aromatic heterocycles. The molecular formula is C14H19BrO2. The van der Waals surface area contributed by atoms with Crippen LogP contribution in [0, 0.1) is 12.8 Å².